The summed E-state index contributed by atoms with van der Waals surface area (Å²) in [5, 5.41) is 0.752. The average Bonchev–Trinajstić information content (AvgIpc) is 3.02. The monoisotopic (exact) mass is 451 g/mol. The maximum Gasteiger partial charge on any atom is 0.222 e. The second kappa shape index (κ2) is 9.94. The van der Waals surface area contributed by atoms with Crippen molar-refractivity contribution in [2.24, 2.45) is 0 Å². The molecule has 0 bridgehead atoms. The molecule has 5 heteroatoms. The number of hydrogen-bond acceptors (Lipinski definition) is 3. The molecule has 1 aliphatic carbocycles. The predicted molar refractivity (Wildman–Crippen MR) is 130 cm³/mol. The molecule has 2 atom stereocenters. The topological polar surface area (TPSA) is 26.8 Å². The summed E-state index contributed by atoms with van der Waals surface area (Å²) in [6.07, 6.45) is 6.39. The summed E-state index contributed by atoms with van der Waals surface area (Å²) in [6, 6.07) is 18.0. The molecular formula is C27H34ClN3O. The van der Waals surface area contributed by atoms with Crippen molar-refractivity contribution < 1.29 is 4.79 Å². The molecule has 0 aromatic heterocycles. The van der Waals surface area contributed by atoms with Gasteiger partial charge in [0.05, 0.1) is 0 Å². The van der Waals surface area contributed by atoms with E-state index in [1.54, 1.807) is 11.1 Å². The Bertz CT molecular complexity index is 940. The van der Waals surface area contributed by atoms with Crippen LogP contribution in [0.15, 0.2) is 48.5 Å². The molecule has 2 fully saturated rings. The number of hydrogen-bond donors (Lipinski definition) is 0. The third kappa shape index (κ3) is 4.88. The molecule has 2 heterocycles. The van der Waals surface area contributed by atoms with Crippen molar-refractivity contribution in [2.45, 2.75) is 57.2 Å². The van der Waals surface area contributed by atoms with Crippen molar-refractivity contribution in [1.29, 1.82) is 0 Å². The number of amides is 1. The van der Waals surface area contributed by atoms with Gasteiger partial charge in [-0.15, -0.1) is 0 Å². The van der Waals surface area contributed by atoms with Crippen LogP contribution in [0, 0.1) is 0 Å². The zero-order valence-corrected chi connectivity index (χ0v) is 19.6. The van der Waals surface area contributed by atoms with Crippen molar-refractivity contribution in [3.8, 4) is 0 Å². The average molecular weight is 452 g/mol. The van der Waals surface area contributed by atoms with E-state index in [2.05, 4.69) is 34.1 Å². The lowest BCUT2D eigenvalue weighted by molar-refractivity contribution is -0.131. The van der Waals surface area contributed by atoms with Gasteiger partial charge in [-0.25, -0.2) is 0 Å². The number of carbonyl (C=O) groups excluding carboxylic acids is 1. The molecule has 5 rings (SSSR count). The minimum Gasteiger partial charge on any atom is -0.338 e. The third-order valence-electron chi connectivity index (χ3n) is 7.80. The van der Waals surface area contributed by atoms with Gasteiger partial charge in [-0.3, -0.25) is 14.6 Å². The van der Waals surface area contributed by atoms with E-state index in [1.807, 2.05) is 29.2 Å². The van der Waals surface area contributed by atoms with Crippen molar-refractivity contribution in [3.63, 3.8) is 0 Å². The highest BCUT2D eigenvalue weighted by Crippen LogP contribution is 2.27. The van der Waals surface area contributed by atoms with Gasteiger partial charge in [0.15, 0.2) is 0 Å². The van der Waals surface area contributed by atoms with E-state index in [0.29, 0.717) is 25.0 Å². The summed E-state index contributed by atoms with van der Waals surface area (Å²) in [6.45, 7) is 6.01. The standard InChI is InChI=1S/C27H34ClN3O/c28-26-8-4-3-7-23(26)20-31-14-13-24(11-12-27(31)32)29-15-17-30(18-16-29)25-10-9-21-5-1-2-6-22(21)19-25/h1-8,24-25H,9-20H2/t24-,25-/m1/s1. The number of carbonyl (C=O) groups is 1. The summed E-state index contributed by atoms with van der Waals surface area (Å²) in [5.41, 5.74) is 4.14. The molecule has 0 saturated carbocycles. The summed E-state index contributed by atoms with van der Waals surface area (Å²) >= 11 is 6.34. The molecular weight excluding hydrogens is 418 g/mol. The third-order valence-corrected chi connectivity index (χ3v) is 8.17. The molecule has 0 N–H and O–H groups in total. The fraction of sp³-hybridized carbons (Fsp3) is 0.519. The Kier molecular flexibility index (Phi) is 6.82. The first-order valence-electron chi connectivity index (χ1n) is 12.2. The molecule has 4 nitrogen and oxygen atoms in total. The highest BCUT2D eigenvalue weighted by Gasteiger charge is 2.31. The van der Waals surface area contributed by atoms with Gasteiger partial charge in [-0.05, 0) is 54.9 Å². The normalized spacial score (nSPS) is 25.4. The highest BCUT2D eigenvalue weighted by molar-refractivity contribution is 6.31. The van der Waals surface area contributed by atoms with E-state index in [4.69, 9.17) is 11.6 Å². The Labute approximate surface area is 197 Å². The molecule has 1 amide bonds. The van der Waals surface area contributed by atoms with E-state index >= 15 is 0 Å². The van der Waals surface area contributed by atoms with Crippen LogP contribution in [0.4, 0.5) is 0 Å². The van der Waals surface area contributed by atoms with Crippen LogP contribution < -0.4 is 0 Å². The lowest BCUT2D eigenvalue weighted by Crippen LogP contribution is -2.54. The lowest BCUT2D eigenvalue weighted by atomic mass is 9.87. The first-order valence-corrected chi connectivity index (χ1v) is 12.6. The number of likely N-dealkylation sites (tertiary alicyclic amines) is 1. The number of aryl methyl sites for hydroxylation is 1. The van der Waals surface area contributed by atoms with Crippen molar-refractivity contribution in [2.75, 3.05) is 32.7 Å². The van der Waals surface area contributed by atoms with Crippen molar-refractivity contribution in [1.82, 2.24) is 14.7 Å². The zero-order chi connectivity index (χ0) is 21.9. The maximum atomic E-state index is 12.8. The van der Waals surface area contributed by atoms with Crippen LogP contribution in [0.5, 0.6) is 0 Å². The van der Waals surface area contributed by atoms with E-state index in [9.17, 15) is 4.79 Å². The van der Waals surface area contributed by atoms with Gasteiger partial charge in [0.1, 0.15) is 0 Å². The molecule has 2 aromatic carbocycles. The molecule has 2 aromatic rings. The molecule has 32 heavy (non-hydrogen) atoms. The zero-order valence-electron chi connectivity index (χ0n) is 18.9. The SMILES string of the molecule is O=C1CC[C@@H](N2CCN([C@@H]3CCc4ccccc4C3)CC2)CCN1Cc1ccccc1Cl. The summed E-state index contributed by atoms with van der Waals surface area (Å²) in [5.74, 6) is 0.270. The Morgan fingerprint density at radius 2 is 1.41 bits per heavy atom. The fourth-order valence-electron chi connectivity index (χ4n) is 5.84. The highest BCUT2D eigenvalue weighted by atomic mass is 35.5. The first-order chi connectivity index (χ1) is 15.7. The van der Waals surface area contributed by atoms with Gasteiger partial charge < -0.3 is 4.90 Å². The van der Waals surface area contributed by atoms with Gasteiger partial charge in [0, 0.05) is 62.8 Å². The van der Waals surface area contributed by atoms with Gasteiger partial charge in [0.2, 0.25) is 5.91 Å². The minimum absolute atomic E-state index is 0.270. The molecule has 2 saturated heterocycles. The van der Waals surface area contributed by atoms with Gasteiger partial charge >= 0.3 is 0 Å². The number of rotatable bonds is 4. The van der Waals surface area contributed by atoms with Gasteiger partial charge in [0.25, 0.3) is 0 Å². The quantitative estimate of drug-likeness (QED) is 0.689. The maximum absolute atomic E-state index is 12.8. The van der Waals surface area contributed by atoms with Crippen LogP contribution in [0.25, 0.3) is 0 Å². The van der Waals surface area contributed by atoms with Gasteiger partial charge in [-0.2, -0.15) is 0 Å². The minimum atomic E-state index is 0.270. The Hall–Kier alpha value is -1.88. The Balaban J connectivity index is 1.14. The van der Waals surface area contributed by atoms with Crippen LogP contribution in [0.3, 0.4) is 0 Å². The number of benzene rings is 2. The van der Waals surface area contributed by atoms with E-state index < -0.39 is 0 Å². The smallest absolute Gasteiger partial charge is 0.222 e. The molecule has 0 unspecified atom stereocenters. The second-order valence-electron chi connectivity index (χ2n) is 9.63. The van der Waals surface area contributed by atoms with Crippen LogP contribution in [0.2, 0.25) is 5.02 Å². The molecule has 0 spiro atoms. The molecule has 170 valence electrons. The van der Waals surface area contributed by atoms with Crippen LogP contribution in [-0.2, 0) is 24.2 Å². The largest absolute Gasteiger partial charge is 0.338 e. The summed E-state index contributed by atoms with van der Waals surface area (Å²) < 4.78 is 0. The molecule has 2 aliphatic heterocycles. The van der Waals surface area contributed by atoms with E-state index in [0.717, 1.165) is 56.2 Å². The Morgan fingerprint density at radius 3 is 2.19 bits per heavy atom. The van der Waals surface area contributed by atoms with Crippen molar-refractivity contribution in [3.05, 3.63) is 70.2 Å². The number of piperazine rings is 1. The molecule has 3 aliphatic rings. The lowest BCUT2D eigenvalue weighted by Gasteiger charge is -2.43. The number of halogens is 1. The predicted octanol–water partition coefficient (Wildman–Crippen LogP) is 4.40. The van der Waals surface area contributed by atoms with Crippen LogP contribution in [-0.4, -0.2) is 65.4 Å². The van der Waals surface area contributed by atoms with Gasteiger partial charge in [-0.1, -0.05) is 54.1 Å². The fourth-order valence-corrected chi connectivity index (χ4v) is 6.04. The molecule has 0 radical (unpaired) electrons. The first kappa shape index (κ1) is 21.9. The summed E-state index contributed by atoms with van der Waals surface area (Å²) in [7, 11) is 0. The van der Waals surface area contributed by atoms with Crippen molar-refractivity contribution >= 4 is 17.5 Å². The summed E-state index contributed by atoms with van der Waals surface area (Å²) in [4.78, 5) is 20.2. The second-order valence-corrected chi connectivity index (χ2v) is 10.0. The number of nitrogens with zero attached hydrogens (tertiary/aromatic N) is 3. The Morgan fingerprint density at radius 1 is 0.750 bits per heavy atom. The van der Waals surface area contributed by atoms with Crippen LogP contribution >= 0.6 is 11.6 Å². The van der Waals surface area contributed by atoms with Crippen LogP contribution in [0.1, 0.15) is 42.4 Å². The number of fused-ring (bicyclic) bond motifs is 1. The van der Waals surface area contributed by atoms with E-state index in [1.165, 1.54) is 19.3 Å². The van der Waals surface area contributed by atoms with E-state index in [-0.39, 0.29) is 5.91 Å².